The molecule has 1 fully saturated rings. The third-order valence-electron chi connectivity index (χ3n) is 2.33. The number of carbonyl (C=O) groups is 1. The second-order valence-corrected chi connectivity index (χ2v) is 3.72. The Hall–Kier alpha value is -0.410. The van der Waals surface area contributed by atoms with Gasteiger partial charge in [0, 0.05) is 19.7 Å². The van der Waals surface area contributed by atoms with E-state index in [9.17, 15) is 4.79 Å². The highest BCUT2D eigenvalue weighted by Gasteiger charge is 2.26. The Labute approximate surface area is 73.7 Å². The zero-order valence-electron chi connectivity index (χ0n) is 7.88. The molecule has 1 heterocycles. The van der Waals surface area contributed by atoms with Gasteiger partial charge in [0.2, 0.25) is 0 Å². The third kappa shape index (κ3) is 2.29. The second-order valence-electron chi connectivity index (χ2n) is 3.72. The van der Waals surface area contributed by atoms with Crippen molar-refractivity contribution >= 4 is 6.29 Å². The van der Waals surface area contributed by atoms with Gasteiger partial charge in [-0.3, -0.25) is 4.90 Å². The van der Waals surface area contributed by atoms with Gasteiger partial charge in [-0.25, -0.2) is 0 Å². The van der Waals surface area contributed by atoms with E-state index in [0.717, 1.165) is 39.0 Å². The monoisotopic (exact) mass is 171 g/mol. The smallest absolute Gasteiger partial charge is 0.139 e. The van der Waals surface area contributed by atoms with Crippen LogP contribution in [0.1, 0.15) is 20.3 Å². The molecule has 0 aliphatic carbocycles. The fourth-order valence-corrected chi connectivity index (χ4v) is 1.40. The van der Waals surface area contributed by atoms with Gasteiger partial charge in [0.25, 0.3) is 0 Å². The van der Waals surface area contributed by atoms with E-state index in [0.29, 0.717) is 0 Å². The zero-order chi connectivity index (χ0) is 9.03. The van der Waals surface area contributed by atoms with E-state index in [-0.39, 0.29) is 5.54 Å². The Balaban J connectivity index is 2.53. The van der Waals surface area contributed by atoms with Crippen LogP contribution in [0.5, 0.6) is 0 Å². The number of hydrogen-bond donors (Lipinski definition) is 0. The van der Waals surface area contributed by atoms with Gasteiger partial charge in [-0.15, -0.1) is 0 Å². The van der Waals surface area contributed by atoms with E-state index in [1.807, 2.05) is 13.8 Å². The summed E-state index contributed by atoms with van der Waals surface area (Å²) in [6, 6.07) is 0. The minimum absolute atomic E-state index is 0.326. The van der Waals surface area contributed by atoms with Gasteiger partial charge in [0.05, 0.1) is 12.1 Å². The van der Waals surface area contributed by atoms with Crippen molar-refractivity contribution in [2.45, 2.75) is 25.8 Å². The Morgan fingerprint density at radius 2 is 2.08 bits per heavy atom. The molecule has 0 bridgehead atoms. The molecule has 0 saturated carbocycles. The van der Waals surface area contributed by atoms with E-state index in [1.54, 1.807) is 0 Å². The molecule has 0 aromatic carbocycles. The molecule has 1 aliphatic heterocycles. The zero-order valence-corrected chi connectivity index (χ0v) is 7.88. The lowest BCUT2D eigenvalue weighted by atomic mass is 10.1. The van der Waals surface area contributed by atoms with Crippen molar-refractivity contribution in [3.05, 3.63) is 0 Å². The number of carbonyl (C=O) groups excluding carboxylic acids is 1. The molecule has 0 unspecified atom stereocenters. The molecule has 0 N–H and O–H groups in total. The fourth-order valence-electron chi connectivity index (χ4n) is 1.40. The van der Waals surface area contributed by atoms with Crippen LogP contribution < -0.4 is 0 Å². The summed E-state index contributed by atoms with van der Waals surface area (Å²) in [6.45, 7) is 7.30. The molecule has 1 rings (SSSR count). The highest BCUT2D eigenvalue weighted by molar-refractivity contribution is 5.62. The predicted octanol–water partition coefficient (Wildman–Crippen LogP) is 0.686. The molecule has 0 amide bonds. The third-order valence-corrected chi connectivity index (χ3v) is 2.33. The van der Waals surface area contributed by atoms with Gasteiger partial charge < -0.3 is 9.53 Å². The van der Waals surface area contributed by atoms with Gasteiger partial charge in [-0.1, -0.05) is 0 Å². The number of ether oxygens (including phenoxy) is 1. The number of hydrogen-bond acceptors (Lipinski definition) is 3. The lowest BCUT2D eigenvalue weighted by Crippen LogP contribution is -2.46. The van der Waals surface area contributed by atoms with Crippen LogP contribution in [0.4, 0.5) is 0 Å². The van der Waals surface area contributed by atoms with Gasteiger partial charge in [-0.05, 0) is 20.3 Å². The number of aldehydes is 1. The lowest BCUT2D eigenvalue weighted by molar-refractivity contribution is -0.116. The molecule has 0 aromatic heterocycles. The molecule has 0 atom stereocenters. The molecular formula is C9H17NO2. The van der Waals surface area contributed by atoms with E-state index >= 15 is 0 Å². The molecule has 3 nitrogen and oxygen atoms in total. The molecule has 1 saturated heterocycles. The summed E-state index contributed by atoms with van der Waals surface area (Å²) < 4.78 is 5.31. The van der Waals surface area contributed by atoms with E-state index in [4.69, 9.17) is 4.74 Å². The summed E-state index contributed by atoms with van der Waals surface area (Å²) >= 11 is 0. The molecule has 1 aliphatic rings. The first kappa shape index (κ1) is 9.68. The van der Waals surface area contributed by atoms with Gasteiger partial charge in [-0.2, -0.15) is 0 Å². The maximum atomic E-state index is 10.8. The highest BCUT2D eigenvalue weighted by atomic mass is 16.5. The minimum Gasteiger partial charge on any atom is -0.380 e. The Kier molecular flexibility index (Phi) is 3.23. The summed E-state index contributed by atoms with van der Waals surface area (Å²) in [5.74, 6) is 0. The standard InChI is InChI=1S/C9H17NO2/c1-9(2,8-11)10-4-3-6-12-7-5-10/h8H,3-7H2,1-2H3. The summed E-state index contributed by atoms with van der Waals surface area (Å²) in [5, 5.41) is 0. The highest BCUT2D eigenvalue weighted by Crippen LogP contribution is 2.13. The summed E-state index contributed by atoms with van der Waals surface area (Å²) in [7, 11) is 0. The van der Waals surface area contributed by atoms with Crippen molar-refractivity contribution in [3.63, 3.8) is 0 Å². The van der Waals surface area contributed by atoms with Crippen molar-refractivity contribution in [3.8, 4) is 0 Å². The van der Waals surface area contributed by atoms with E-state index in [2.05, 4.69) is 4.90 Å². The van der Waals surface area contributed by atoms with Crippen molar-refractivity contribution in [1.82, 2.24) is 4.90 Å². The lowest BCUT2D eigenvalue weighted by Gasteiger charge is -2.32. The number of rotatable bonds is 2. The van der Waals surface area contributed by atoms with E-state index in [1.165, 1.54) is 0 Å². The normalized spacial score (nSPS) is 21.8. The van der Waals surface area contributed by atoms with Crippen molar-refractivity contribution in [2.24, 2.45) is 0 Å². The topological polar surface area (TPSA) is 29.5 Å². The Morgan fingerprint density at radius 3 is 2.75 bits per heavy atom. The van der Waals surface area contributed by atoms with Gasteiger partial charge in [0.1, 0.15) is 6.29 Å². The fraction of sp³-hybridized carbons (Fsp3) is 0.889. The van der Waals surface area contributed by atoms with Crippen molar-refractivity contribution in [2.75, 3.05) is 26.3 Å². The van der Waals surface area contributed by atoms with Crippen LogP contribution >= 0.6 is 0 Å². The molecule has 0 radical (unpaired) electrons. The second kappa shape index (κ2) is 4.01. The predicted molar refractivity (Wildman–Crippen MR) is 47.2 cm³/mol. The van der Waals surface area contributed by atoms with Crippen LogP contribution in [0.2, 0.25) is 0 Å². The first-order valence-corrected chi connectivity index (χ1v) is 4.46. The molecule has 0 aromatic rings. The van der Waals surface area contributed by atoms with E-state index < -0.39 is 0 Å². The van der Waals surface area contributed by atoms with Crippen molar-refractivity contribution < 1.29 is 9.53 Å². The SMILES string of the molecule is CC(C)(C=O)N1CCCOCC1. The van der Waals surface area contributed by atoms with Crippen LogP contribution in [0.3, 0.4) is 0 Å². The largest absolute Gasteiger partial charge is 0.380 e. The van der Waals surface area contributed by atoms with Crippen LogP contribution in [0.25, 0.3) is 0 Å². The average Bonchev–Trinajstić information content (AvgIpc) is 2.32. The Morgan fingerprint density at radius 1 is 1.33 bits per heavy atom. The minimum atomic E-state index is -0.326. The molecule has 0 spiro atoms. The maximum absolute atomic E-state index is 10.8. The van der Waals surface area contributed by atoms with Gasteiger partial charge in [0.15, 0.2) is 0 Å². The van der Waals surface area contributed by atoms with Crippen LogP contribution in [-0.4, -0.2) is 43.0 Å². The Bertz CT molecular complexity index is 149. The molecule has 70 valence electrons. The van der Waals surface area contributed by atoms with Crippen LogP contribution in [-0.2, 0) is 9.53 Å². The number of nitrogens with zero attached hydrogens (tertiary/aromatic N) is 1. The summed E-state index contributed by atoms with van der Waals surface area (Å²) in [4.78, 5) is 12.9. The summed E-state index contributed by atoms with van der Waals surface area (Å²) in [6.07, 6.45) is 2.04. The molecule has 3 heteroatoms. The summed E-state index contributed by atoms with van der Waals surface area (Å²) in [5.41, 5.74) is -0.326. The average molecular weight is 171 g/mol. The van der Waals surface area contributed by atoms with Crippen molar-refractivity contribution in [1.29, 1.82) is 0 Å². The van der Waals surface area contributed by atoms with Crippen LogP contribution in [0.15, 0.2) is 0 Å². The molecule has 12 heavy (non-hydrogen) atoms. The van der Waals surface area contributed by atoms with Crippen LogP contribution in [0, 0.1) is 0 Å². The first-order chi connectivity index (χ1) is 5.67. The quantitative estimate of drug-likeness (QED) is 0.572. The van der Waals surface area contributed by atoms with Gasteiger partial charge >= 0.3 is 0 Å². The maximum Gasteiger partial charge on any atom is 0.139 e. The first-order valence-electron chi connectivity index (χ1n) is 4.46. The molecular weight excluding hydrogens is 154 g/mol.